The highest BCUT2D eigenvalue weighted by atomic mass is 32.2. The quantitative estimate of drug-likeness (QED) is 0.451. The maximum atomic E-state index is 12.6. The van der Waals surface area contributed by atoms with Gasteiger partial charge in [-0.2, -0.15) is 0 Å². The highest BCUT2D eigenvalue weighted by Crippen LogP contribution is 2.19. The van der Waals surface area contributed by atoms with Gasteiger partial charge in [0.15, 0.2) is 0 Å². The standard InChI is InChI=1S/C24H24N4O3S/c1-17-6-11-22(15-18(17)2)32(30,31)27-20-9-7-19(8-10-20)24(29)25-13-12-21-16-28-14-4-3-5-23(28)26-21/h3-11,14-16,27H,12-13H2,1-2H3,(H,25,29). The van der Waals surface area contributed by atoms with Gasteiger partial charge in [-0.05, 0) is 73.5 Å². The number of hydrogen-bond acceptors (Lipinski definition) is 4. The molecule has 0 aliphatic rings. The number of nitrogens with zero attached hydrogens (tertiary/aromatic N) is 2. The molecule has 0 radical (unpaired) electrons. The Balaban J connectivity index is 1.35. The number of sulfonamides is 1. The van der Waals surface area contributed by atoms with E-state index in [1.165, 1.54) is 0 Å². The van der Waals surface area contributed by atoms with Crippen LogP contribution in [0.5, 0.6) is 0 Å². The van der Waals surface area contributed by atoms with Gasteiger partial charge in [-0.3, -0.25) is 9.52 Å². The van der Waals surface area contributed by atoms with Crippen LogP contribution in [0, 0.1) is 13.8 Å². The fraction of sp³-hybridized carbons (Fsp3) is 0.167. The van der Waals surface area contributed by atoms with Crippen LogP contribution in [-0.4, -0.2) is 30.3 Å². The van der Waals surface area contributed by atoms with Crippen LogP contribution >= 0.6 is 0 Å². The van der Waals surface area contributed by atoms with Gasteiger partial charge in [0.25, 0.3) is 15.9 Å². The van der Waals surface area contributed by atoms with E-state index in [1.807, 2.05) is 48.8 Å². The van der Waals surface area contributed by atoms with Gasteiger partial charge < -0.3 is 9.72 Å². The molecule has 0 unspecified atom stereocenters. The third-order valence-corrected chi connectivity index (χ3v) is 6.65. The van der Waals surface area contributed by atoms with Crippen molar-refractivity contribution in [3.63, 3.8) is 0 Å². The zero-order chi connectivity index (χ0) is 22.7. The van der Waals surface area contributed by atoms with Gasteiger partial charge in [0.05, 0.1) is 10.6 Å². The van der Waals surface area contributed by atoms with Crippen molar-refractivity contribution in [3.8, 4) is 0 Å². The first-order valence-electron chi connectivity index (χ1n) is 10.2. The minimum atomic E-state index is -3.70. The molecule has 32 heavy (non-hydrogen) atoms. The molecule has 0 aliphatic heterocycles. The predicted octanol–water partition coefficient (Wildman–Crippen LogP) is 3.72. The monoisotopic (exact) mass is 448 g/mol. The number of carbonyl (C=O) groups is 1. The summed E-state index contributed by atoms with van der Waals surface area (Å²) in [5.74, 6) is -0.225. The Labute approximate surface area is 187 Å². The van der Waals surface area contributed by atoms with Gasteiger partial charge in [0.1, 0.15) is 5.65 Å². The van der Waals surface area contributed by atoms with Crippen LogP contribution in [-0.2, 0) is 16.4 Å². The number of aryl methyl sites for hydroxylation is 2. The van der Waals surface area contributed by atoms with Crippen molar-refractivity contribution in [3.05, 3.63) is 95.4 Å². The summed E-state index contributed by atoms with van der Waals surface area (Å²) < 4.78 is 29.7. The molecule has 2 N–H and O–H groups in total. The van der Waals surface area contributed by atoms with Gasteiger partial charge in [0.2, 0.25) is 0 Å². The molecule has 8 heteroatoms. The number of anilines is 1. The molecule has 0 atom stereocenters. The number of carbonyl (C=O) groups excluding carboxylic acids is 1. The van der Waals surface area contributed by atoms with Crippen LogP contribution in [0.25, 0.3) is 5.65 Å². The molecule has 164 valence electrons. The van der Waals surface area contributed by atoms with E-state index in [0.717, 1.165) is 22.5 Å². The van der Waals surface area contributed by atoms with Crippen LogP contribution in [0.1, 0.15) is 27.2 Å². The van der Waals surface area contributed by atoms with Crippen molar-refractivity contribution in [1.29, 1.82) is 0 Å². The van der Waals surface area contributed by atoms with E-state index in [4.69, 9.17) is 0 Å². The zero-order valence-corrected chi connectivity index (χ0v) is 18.7. The van der Waals surface area contributed by atoms with Crippen molar-refractivity contribution >= 4 is 27.3 Å². The van der Waals surface area contributed by atoms with Crippen LogP contribution in [0.4, 0.5) is 5.69 Å². The molecule has 0 saturated carbocycles. The topological polar surface area (TPSA) is 92.6 Å². The van der Waals surface area contributed by atoms with E-state index in [9.17, 15) is 13.2 Å². The minimum absolute atomic E-state index is 0.203. The van der Waals surface area contributed by atoms with E-state index in [2.05, 4.69) is 15.0 Å². The Kier molecular flexibility index (Phi) is 5.96. The number of amides is 1. The molecule has 0 bridgehead atoms. The molecule has 0 spiro atoms. The van der Waals surface area contributed by atoms with Gasteiger partial charge in [-0.1, -0.05) is 12.1 Å². The Morgan fingerprint density at radius 3 is 2.50 bits per heavy atom. The Hall–Kier alpha value is -3.65. The second-order valence-corrected chi connectivity index (χ2v) is 9.32. The second-order valence-electron chi connectivity index (χ2n) is 7.63. The molecular weight excluding hydrogens is 424 g/mol. The molecular formula is C24H24N4O3S. The van der Waals surface area contributed by atoms with Crippen LogP contribution < -0.4 is 10.0 Å². The molecule has 1 amide bonds. The average Bonchev–Trinajstić information content (AvgIpc) is 3.18. The van der Waals surface area contributed by atoms with Crippen molar-refractivity contribution in [1.82, 2.24) is 14.7 Å². The lowest BCUT2D eigenvalue weighted by atomic mass is 10.1. The van der Waals surface area contributed by atoms with Crippen LogP contribution in [0.3, 0.4) is 0 Å². The Bertz CT molecular complexity index is 1340. The average molecular weight is 449 g/mol. The summed E-state index contributed by atoms with van der Waals surface area (Å²) in [7, 11) is -3.70. The third-order valence-electron chi connectivity index (χ3n) is 5.27. The molecule has 7 nitrogen and oxygen atoms in total. The zero-order valence-electron chi connectivity index (χ0n) is 17.9. The van der Waals surface area contributed by atoms with Crippen LogP contribution in [0.15, 0.2) is 78.0 Å². The Morgan fingerprint density at radius 1 is 1.00 bits per heavy atom. The minimum Gasteiger partial charge on any atom is -0.352 e. The molecule has 0 saturated heterocycles. The maximum absolute atomic E-state index is 12.6. The first kappa shape index (κ1) is 21.6. The number of aromatic nitrogens is 2. The van der Waals surface area contributed by atoms with Crippen molar-refractivity contribution in [2.45, 2.75) is 25.2 Å². The van der Waals surface area contributed by atoms with E-state index in [0.29, 0.717) is 24.2 Å². The molecule has 4 rings (SSSR count). The largest absolute Gasteiger partial charge is 0.352 e. The molecule has 2 aromatic carbocycles. The molecule has 2 aromatic heterocycles. The number of benzene rings is 2. The van der Waals surface area contributed by atoms with Crippen molar-refractivity contribution in [2.75, 3.05) is 11.3 Å². The summed E-state index contributed by atoms with van der Waals surface area (Å²) in [4.78, 5) is 17.1. The van der Waals surface area contributed by atoms with Crippen molar-refractivity contribution in [2.24, 2.45) is 0 Å². The number of hydrogen-bond donors (Lipinski definition) is 2. The lowest BCUT2D eigenvalue weighted by Crippen LogP contribution is -2.25. The first-order chi connectivity index (χ1) is 15.3. The Morgan fingerprint density at radius 2 is 1.78 bits per heavy atom. The lowest BCUT2D eigenvalue weighted by Gasteiger charge is -2.10. The second kappa shape index (κ2) is 8.84. The smallest absolute Gasteiger partial charge is 0.261 e. The summed E-state index contributed by atoms with van der Waals surface area (Å²) >= 11 is 0. The lowest BCUT2D eigenvalue weighted by molar-refractivity contribution is 0.0954. The molecule has 4 aromatic rings. The van der Waals surface area contributed by atoms with Crippen LogP contribution in [0.2, 0.25) is 0 Å². The molecule has 2 heterocycles. The van der Waals surface area contributed by atoms with E-state index in [1.54, 1.807) is 42.5 Å². The van der Waals surface area contributed by atoms with Gasteiger partial charge in [-0.15, -0.1) is 0 Å². The highest BCUT2D eigenvalue weighted by Gasteiger charge is 2.15. The highest BCUT2D eigenvalue weighted by molar-refractivity contribution is 7.92. The number of fused-ring (bicyclic) bond motifs is 1. The fourth-order valence-electron chi connectivity index (χ4n) is 3.30. The molecule has 0 aliphatic carbocycles. The number of nitrogens with one attached hydrogen (secondary N) is 2. The van der Waals surface area contributed by atoms with Gasteiger partial charge in [-0.25, -0.2) is 13.4 Å². The molecule has 0 fully saturated rings. The first-order valence-corrected chi connectivity index (χ1v) is 11.7. The van der Waals surface area contributed by atoms with E-state index >= 15 is 0 Å². The maximum Gasteiger partial charge on any atom is 0.261 e. The van der Waals surface area contributed by atoms with Gasteiger partial charge in [0, 0.05) is 36.6 Å². The normalized spacial score (nSPS) is 11.4. The number of imidazole rings is 1. The van der Waals surface area contributed by atoms with E-state index < -0.39 is 10.0 Å². The van der Waals surface area contributed by atoms with Crippen molar-refractivity contribution < 1.29 is 13.2 Å². The summed E-state index contributed by atoms with van der Waals surface area (Å²) in [6.45, 7) is 4.25. The number of pyridine rings is 1. The predicted molar refractivity (Wildman–Crippen MR) is 124 cm³/mol. The fourth-order valence-corrected chi connectivity index (χ4v) is 4.44. The summed E-state index contributed by atoms with van der Waals surface area (Å²) in [5.41, 5.74) is 4.54. The summed E-state index contributed by atoms with van der Waals surface area (Å²) in [6, 6.07) is 17.1. The third kappa shape index (κ3) is 4.81. The van der Waals surface area contributed by atoms with Gasteiger partial charge >= 0.3 is 0 Å². The SMILES string of the molecule is Cc1ccc(S(=O)(=O)Nc2ccc(C(=O)NCCc3cn4ccccc4n3)cc2)cc1C. The number of rotatable bonds is 7. The summed E-state index contributed by atoms with van der Waals surface area (Å²) in [5, 5.41) is 2.87. The summed E-state index contributed by atoms with van der Waals surface area (Å²) in [6.07, 6.45) is 4.49. The van der Waals surface area contributed by atoms with E-state index in [-0.39, 0.29) is 10.8 Å².